The maximum atomic E-state index is 13.6. The largest absolute Gasteiger partial charge is 0.484 e. The summed E-state index contributed by atoms with van der Waals surface area (Å²) in [6, 6.07) is 11.1. The number of aryl methyl sites for hydroxylation is 1. The quantitative estimate of drug-likeness (QED) is 0.821. The third kappa shape index (κ3) is 5.66. The molecule has 0 unspecified atom stereocenters. The molecule has 0 aliphatic heterocycles. The van der Waals surface area contributed by atoms with Gasteiger partial charge in [-0.3, -0.25) is 4.79 Å². The number of ether oxygens (including phenoxy) is 1. The molecule has 0 saturated carbocycles. The van der Waals surface area contributed by atoms with Crippen LogP contribution < -0.4 is 10.1 Å². The highest BCUT2D eigenvalue weighted by Gasteiger charge is 2.08. The first-order valence-corrected chi connectivity index (χ1v) is 7.78. The Morgan fingerprint density at radius 3 is 2.50 bits per heavy atom. The summed E-state index contributed by atoms with van der Waals surface area (Å²) in [7, 11) is 0. The Morgan fingerprint density at radius 1 is 1.17 bits per heavy atom. The zero-order valence-corrected chi connectivity index (χ0v) is 13.9. The van der Waals surface area contributed by atoms with Crippen molar-refractivity contribution in [3.05, 3.63) is 58.9 Å². The Labute approximate surface area is 144 Å². The molecule has 0 aliphatic carbocycles. The minimum absolute atomic E-state index is 0.0487. The standard InChI is InChI=1S/C18H17ClFNO3/c1-12(22)2-3-13-4-7-15(8-5-13)24-11-18(23)21-17-9-6-14(19)10-16(17)20/h4-10H,2-3,11H2,1H3,(H,21,23). The van der Waals surface area contributed by atoms with Crippen LogP contribution in [0.2, 0.25) is 5.02 Å². The number of carbonyl (C=O) groups is 2. The highest BCUT2D eigenvalue weighted by Crippen LogP contribution is 2.19. The molecule has 4 nitrogen and oxygen atoms in total. The molecule has 2 aromatic carbocycles. The van der Waals surface area contributed by atoms with E-state index in [4.69, 9.17) is 16.3 Å². The molecule has 0 bridgehead atoms. The monoisotopic (exact) mass is 349 g/mol. The number of amides is 1. The van der Waals surface area contributed by atoms with E-state index in [1.54, 1.807) is 19.1 Å². The Balaban J connectivity index is 1.84. The second-order valence-electron chi connectivity index (χ2n) is 5.31. The van der Waals surface area contributed by atoms with Gasteiger partial charge >= 0.3 is 0 Å². The van der Waals surface area contributed by atoms with Gasteiger partial charge < -0.3 is 14.8 Å². The van der Waals surface area contributed by atoms with E-state index in [1.807, 2.05) is 12.1 Å². The zero-order valence-electron chi connectivity index (χ0n) is 13.1. The second-order valence-corrected chi connectivity index (χ2v) is 5.74. The number of hydrogen-bond acceptors (Lipinski definition) is 3. The number of Topliss-reactive ketones (excluding diaryl/α,β-unsaturated/α-hetero) is 1. The molecule has 0 spiro atoms. The highest BCUT2D eigenvalue weighted by atomic mass is 35.5. The zero-order chi connectivity index (χ0) is 17.5. The van der Waals surface area contributed by atoms with Crippen LogP contribution in [0.25, 0.3) is 0 Å². The van der Waals surface area contributed by atoms with Gasteiger partial charge in [0.15, 0.2) is 6.61 Å². The Morgan fingerprint density at radius 2 is 1.88 bits per heavy atom. The van der Waals surface area contributed by atoms with Gasteiger partial charge in [-0.05, 0) is 49.2 Å². The fourth-order valence-electron chi connectivity index (χ4n) is 2.00. The molecule has 1 amide bonds. The number of ketones is 1. The average Bonchev–Trinajstić information content (AvgIpc) is 2.54. The van der Waals surface area contributed by atoms with Crippen LogP contribution in [0.1, 0.15) is 18.9 Å². The summed E-state index contributed by atoms with van der Waals surface area (Å²) in [6.07, 6.45) is 1.17. The third-order valence-electron chi connectivity index (χ3n) is 3.26. The number of anilines is 1. The van der Waals surface area contributed by atoms with Crippen LogP contribution >= 0.6 is 11.6 Å². The molecule has 1 N–H and O–H groups in total. The molecule has 0 aromatic heterocycles. The molecule has 0 fully saturated rings. The first-order valence-electron chi connectivity index (χ1n) is 7.40. The van der Waals surface area contributed by atoms with Crippen LogP contribution in [-0.4, -0.2) is 18.3 Å². The number of hydrogen-bond donors (Lipinski definition) is 1. The Bertz CT molecular complexity index is 732. The summed E-state index contributed by atoms with van der Waals surface area (Å²) in [5.41, 5.74) is 1.07. The maximum Gasteiger partial charge on any atom is 0.262 e. The van der Waals surface area contributed by atoms with Crippen LogP contribution in [0.5, 0.6) is 5.75 Å². The molecule has 2 rings (SSSR count). The molecule has 6 heteroatoms. The van der Waals surface area contributed by atoms with Crippen molar-refractivity contribution in [3.63, 3.8) is 0 Å². The summed E-state index contributed by atoms with van der Waals surface area (Å²) in [4.78, 5) is 22.7. The maximum absolute atomic E-state index is 13.6. The third-order valence-corrected chi connectivity index (χ3v) is 3.50. The smallest absolute Gasteiger partial charge is 0.262 e. The van der Waals surface area contributed by atoms with Gasteiger partial charge in [-0.1, -0.05) is 23.7 Å². The van der Waals surface area contributed by atoms with Crippen molar-refractivity contribution in [3.8, 4) is 5.75 Å². The molecule has 0 heterocycles. The lowest BCUT2D eigenvalue weighted by molar-refractivity contribution is -0.118. The number of benzene rings is 2. The van der Waals surface area contributed by atoms with Gasteiger partial charge in [0.25, 0.3) is 5.91 Å². The van der Waals surface area contributed by atoms with E-state index < -0.39 is 11.7 Å². The van der Waals surface area contributed by atoms with Crippen molar-refractivity contribution in [2.24, 2.45) is 0 Å². The number of rotatable bonds is 7. The molecule has 24 heavy (non-hydrogen) atoms. The SMILES string of the molecule is CC(=O)CCc1ccc(OCC(=O)Nc2ccc(Cl)cc2F)cc1. The Hall–Kier alpha value is -2.40. The Kier molecular flexibility index (Phi) is 6.32. The van der Waals surface area contributed by atoms with E-state index in [9.17, 15) is 14.0 Å². The van der Waals surface area contributed by atoms with Gasteiger partial charge in [0, 0.05) is 11.4 Å². The second kappa shape index (κ2) is 8.45. The number of nitrogens with one attached hydrogen (secondary N) is 1. The van der Waals surface area contributed by atoms with E-state index >= 15 is 0 Å². The molecule has 0 radical (unpaired) electrons. The minimum Gasteiger partial charge on any atom is -0.484 e. The lowest BCUT2D eigenvalue weighted by Crippen LogP contribution is -2.20. The predicted molar refractivity (Wildman–Crippen MR) is 91.0 cm³/mol. The van der Waals surface area contributed by atoms with Gasteiger partial charge in [-0.25, -0.2) is 4.39 Å². The molecule has 0 aliphatic rings. The van der Waals surface area contributed by atoms with E-state index in [1.165, 1.54) is 12.1 Å². The predicted octanol–water partition coefficient (Wildman–Crippen LogP) is 4.02. The lowest BCUT2D eigenvalue weighted by Gasteiger charge is -2.09. The van der Waals surface area contributed by atoms with Crippen molar-refractivity contribution in [2.75, 3.05) is 11.9 Å². The van der Waals surface area contributed by atoms with E-state index in [0.717, 1.165) is 11.6 Å². The lowest BCUT2D eigenvalue weighted by atomic mass is 10.1. The topological polar surface area (TPSA) is 55.4 Å². The van der Waals surface area contributed by atoms with Gasteiger partial charge in [-0.15, -0.1) is 0 Å². The number of halogens is 2. The molecule has 2 aromatic rings. The van der Waals surface area contributed by atoms with E-state index in [-0.39, 0.29) is 23.1 Å². The van der Waals surface area contributed by atoms with Crippen LogP contribution in [0.3, 0.4) is 0 Å². The molecule has 0 saturated heterocycles. The first kappa shape index (κ1) is 17.9. The van der Waals surface area contributed by atoms with Crippen LogP contribution in [-0.2, 0) is 16.0 Å². The van der Waals surface area contributed by atoms with Gasteiger partial charge in [0.1, 0.15) is 17.3 Å². The fraction of sp³-hybridized carbons (Fsp3) is 0.222. The van der Waals surface area contributed by atoms with Crippen LogP contribution in [0.4, 0.5) is 10.1 Å². The molecular weight excluding hydrogens is 333 g/mol. The van der Waals surface area contributed by atoms with Gasteiger partial charge in [-0.2, -0.15) is 0 Å². The van der Waals surface area contributed by atoms with Gasteiger partial charge in [0.05, 0.1) is 5.69 Å². The van der Waals surface area contributed by atoms with Crippen LogP contribution in [0, 0.1) is 5.82 Å². The van der Waals surface area contributed by atoms with E-state index in [2.05, 4.69) is 5.32 Å². The van der Waals surface area contributed by atoms with Crippen molar-refractivity contribution in [1.29, 1.82) is 0 Å². The molecular formula is C18H17ClFNO3. The summed E-state index contributed by atoms with van der Waals surface area (Å²) >= 11 is 5.65. The summed E-state index contributed by atoms with van der Waals surface area (Å²) in [5.74, 6) is -0.419. The van der Waals surface area contributed by atoms with Gasteiger partial charge in [0.2, 0.25) is 0 Å². The van der Waals surface area contributed by atoms with Crippen molar-refractivity contribution >= 4 is 29.0 Å². The first-order chi connectivity index (χ1) is 11.4. The molecule has 0 atom stereocenters. The minimum atomic E-state index is -0.606. The number of carbonyl (C=O) groups excluding carboxylic acids is 2. The summed E-state index contributed by atoms with van der Waals surface area (Å²) in [5, 5.41) is 2.67. The van der Waals surface area contributed by atoms with Crippen LogP contribution in [0.15, 0.2) is 42.5 Å². The normalized spacial score (nSPS) is 10.3. The van der Waals surface area contributed by atoms with Crippen molar-refractivity contribution in [2.45, 2.75) is 19.8 Å². The summed E-state index contributed by atoms with van der Waals surface area (Å²) in [6.45, 7) is 1.31. The fourth-order valence-corrected chi connectivity index (χ4v) is 2.16. The van der Waals surface area contributed by atoms with Crippen molar-refractivity contribution < 1.29 is 18.7 Å². The summed E-state index contributed by atoms with van der Waals surface area (Å²) < 4.78 is 18.9. The molecule has 126 valence electrons. The highest BCUT2D eigenvalue weighted by molar-refractivity contribution is 6.30. The van der Waals surface area contributed by atoms with E-state index in [0.29, 0.717) is 18.6 Å². The van der Waals surface area contributed by atoms with Crippen molar-refractivity contribution in [1.82, 2.24) is 0 Å². The average molecular weight is 350 g/mol.